The second-order valence-electron chi connectivity index (χ2n) is 4.40. The molecule has 0 spiro atoms. The highest BCUT2D eigenvalue weighted by Gasteiger charge is 2.26. The Morgan fingerprint density at radius 2 is 2.41 bits per heavy atom. The number of amides is 1. The molecule has 1 atom stereocenters. The number of hydrogen-bond acceptors (Lipinski definition) is 4. The summed E-state index contributed by atoms with van der Waals surface area (Å²) in [6.07, 6.45) is 3.91. The molecule has 1 aromatic heterocycles. The molecule has 0 radical (unpaired) electrons. The first kappa shape index (κ1) is 11.6. The van der Waals surface area contributed by atoms with Gasteiger partial charge in [0.2, 0.25) is 0 Å². The van der Waals surface area contributed by atoms with Crippen LogP contribution in [0.5, 0.6) is 0 Å². The van der Waals surface area contributed by atoms with Gasteiger partial charge < -0.3 is 10.1 Å². The van der Waals surface area contributed by atoms with Gasteiger partial charge in [-0.3, -0.25) is 9.48 Å². The number of piperidine rings is 1. The van der Waals surface area contributed by atoms with Crippen LogP contribution in [0.1, 0.15) is 23.7 Å². The second-order valence-corrected chi connectivity index (χ2v) is 4.40. The van der Waals surface area contributed by atoms with Crippen LogP contribution in [0.25, 0.3) is 0 Å². The van der Waals surface area contributed by atoms with Gasteiger partial charge in [0, 0.05) is 38.7 Å². The summed E-state index contributed by atoms with van der Waals surface area (Å²) in [6.45, 7) is 3.14. The fourth-order valence-corrected chi connectivity index (χ4v) is 2.07. The summed E-state index contributed by atoms with van der Waals surface area (Å²) in [7, 11) is 1.78. The van der Waals surface area contributed by atoms with Crippen molar-refractivity contribution in [2.24, 2.45) is 18.1 Å². The molecule has 0 aromatic carbocycles. The third kappa shape index (κ3) is 2.30. The van der Waals surface area contributed by atoms with Gasteiger partial charge in [-0.25, -0.2) is 0 Å². The maximum absolute atomic E-state index is 12.1. The largest absolute Gasteiger partial charge is 0.411 e. The van der Waals surface area contributed by atoms with Crippen molar-refractivity contribution in [3.8, 4) is 0 Å². The van der Waals surface area contributed by atoms with E-state index in [0.717, 1.165) is 5.71 Å². The maximum atomic E-state index is 12.1. The molecule has 1 unspecified atom stereocenters. The molecular formula is C11H16N4O2. The Morgan fingerprint density at radius 3 is 2.94 bits per heavy atom. The van der Waals surface area contributed by atoms with E-state index in [9.17, 15) is 4.79 Å². The van der Waals surface area contributed by atoms with E-state index >= 15 is 0 Å². The van der Waals surface area contributed by atoms with Gasteiger partial charge >= 0.3 is 0 Å². The van der Waals surface area contributed by atoms with Gasteiger partial charge in [-0.05, 0) is 0 Å². The van der Waals surface area contributed by atoms with E-state index in [4.69, 9.17) is 5.21 Å². The van der Waals surface area contributed by atoms with Crippen molar-refractivity contribution in [3.63, 3.8) is 0 Å². The first-order valence-electron chi connectivity index (χ1n) is 5.60. The Hall–Kier alpha value is -1.85. The number of nitrogens with zero attached hydrogens (tertiary/aromatic N) is 4. The van der Waals surface area contributed by atoms with Gasteiger partial charge in [0.05, 0.1) is 17.5 Å². The fraction of sp³-hybridized carbons (Fsp3) is 0.545. The van der Waals surface area contributed by atoms with Crippen LogP contribution in [-0.2, 0) is 7.05 Å². The smallest absolute Gasteiger partial charge is 0.257 e. The summed E-state index contributed by atoms with van der Waals surface area (Å²) >= 11 is 0. The van der Waals surface area contributed by atoms with E-state index in [1.807, 2.05) is 6.92 Å². The minimum absolute atomic E-state index is 0.0121. The lowest BCUT2D eigenvalue weighted by molar-refractivity contribution is 0.0734. The van der Waals surface area contributed by atoms with Crippen molar-refractivity contribution in [1.82, 2.24) is 14.7 Å². The van der Waals surface area contributed by atoms with Crippen molar-refractivity contribution in [1.29, 1.82) is 0 Å². The van der Waals surface area contributed by atoms with Crippen molar-refractivity contribution < 1.29 is 10.0 Å². The summed E-state index contributed by atoms with van der Waals surface area (Å²) in [5.74, 6) is 0.0938. The molecule has 1 fully saturated rings. The number of carbonyl (C=O) groups excluding carboxylic acids is 1. The Labute approximate surface area is 99.5 Å². The maximum Gasteiger partial charge on any atom is 0.257 e. The molecule has 1 saturated heterocycles. The first-order chi connectivity index (χ1) is 8.11. The van der Waals surface area contributed by atoms with Gasteiger partial charge in [0.25, 0.3) is 5.91 Å². The van der Waals surface area contributed by atoms with Gasteiger partial charge in [0.15, 0.2) is 0 Å². The summed E-state index contributed by atoms with van der Waals surface area (Å²) in [4.78, 5) is 13.9. The topological polar surface area (TPSA) is 70.7 Å². The molecule has 1 aliphatic heterocycles. The van der Waals surface area contributed by atoms with Gasteiger partial charge in [0.1, 0.15) is 0 Å². The van der Waals surface area contributed by atoms with E-state index in [1.165, 1.54) is 0 Å². The van der Waals surface area contributed by atoms with E-state index in [0.29, 0.717) is 25.1 Å². The number of hydrogen-bond donors (Lipinski definition) is 1. The number of aromatic nitrogens is 2. The zero-order chi connectivity index (χ0) is 12.4. The summed E-state index contributed by atoms with van der Waals surface area (Å²) in [5.41, 5.74) is 1.37. The Balaban J connectivity index is 2.07. The zero-order valence-electron chi connectivity index (χ0n) is 10.00. The predicted molar refractivity (Wildman–Crippen MR) is 62.1 cm³/mol. The van der Waals surface area contributed by atoms with E-state index in [1.54, 1.807) is 29.0 Å². The normalized spacial score (nSPS) is 23.1. The van der Waals surface area contributed by atoms with Gasteiger partial charge in [-0.15, -0.1) is 0 Å². The molecule has 6 heteroatoms. The molecule has 6 nitrogen and oxygen atoms in total. The first-order valence-corrected chi connectivity index (χ1v) is 5.60. The number of aryl methyl sites for hydroxylation is 1. The third-order valence-corrected chi connectivity index (χ3v) is 3.07. The average Bonchev–Trinajstić information content (AvgIpc) is 2.75. The molecular weight excluding hydrogens is 220 g/mol. The lowest BCUT2D eigenvalue weighted by Crippen LogP contribution is -2.43. The monoisotopic (exact) mass is 236 g/mol. The minimum atomic E-state index is -0.0121. The molecule has 2 heterocycles. The van der Waals surface area contributed by atoms with Crippen molar-refractivity contribution >= 4 is 11.6 Å². The molecule has 92 valence electrons. The Morgan fingerprint density at radius 1 is 1.65 bits per heavy atom. The van der Waals surface area contributed by atoms with Gasteiger partial charge in [-0.1, -0.05) is 12.1 Å². The molecule has 1 aromatic rings. The second kappa shape index (κ2) is 4.57. The van der Waals surface area contributed by atoms with E-state index in [-0.39, 0.29) is 11.8 Å². The van der Waals surface area contributed by atoms with Crippen LogP contribution in [0.3, 0.4) is 0 Å². The van der Waals surface area contributed by atoms with Crippen LogP contribution in [0.15, 0.2) is 17.5 Å². The van der Waals surface area contributed by atoms with Crippen LogP contribution in [0, 0.1) is 5.92 Å². The minimum Gasteiger partial charge on any atom is -0.411 e. The van der Waals surface area contributed by atoms with Crippen LogP contribution in [0.2, 0.25) is 0 Å². The van der Waals surface area contributed by atoms with Crippen LogP contribution >= 0.6 is 0 Å². The highest BCUT2D eigenvalue weighted by atomic mass is 16.4. The summed E-state index contributed by atoms with van der Waals surface area (Å²) in [5, 5.41) is 16.0. The van der Waals surface area contributed by atoms with Crippen LogP contribution in [-0.4, -0.2) is 44.6 Å². The average molecular weight is 236 g/mol. The van der Waals surface area contributed by atoms with Crippen molar-refractivity contribution in [2.45, 2.75) is 13.3 Å². The molecule has 1 aliphatic rings. The third-order valence-electron chi connectivity index (χ3n) is 3.07. The predicted octanol–water partition coefficient (Wildman–Crippen LogP) is 0.732. The van der Waals surface area contributed by atoms with E-state index in [2.05, 4.69) is 10.3 Å². The van der Waals surface area contributed by atoms with Crippen molar-refractivity contribution in [3.05, 3.63) is 18.0 Å². The Bertz CT molecular complexity index is 452. The molecule has 17 heavy (non-hydrogen) atoms. The molecule has 1 N–H and O–H groups in total. The van der Waals surface area contributed by atoms with Gasteiger partial charge in [-0.2, -0.15) is 5.10 Å². The molecule has 0 aliphatic carbocycles. The molecule has 0 saturated carbocycles. The lowest BCUT2D eigenvalue weighted by atomic mass is 9.97. The lowest BCUT2D eigenvalue weighted by Gasteiger charge is -2.31. The number of oxime groups is 1. The fourth-order valence-electron chi connectivity index (χ4n) is 2.07. The molecule has 0 bridgehead atoms. The Kier molecular flexibility index (Phi) is 3.12. The SMILES string of the molecule is CC1CN(C(=O)c2cnn(C)c2)CCC1=NO. The zero-order valence-corrected chi connectivity index (χ0v) is 10.00. The standard InChI is InChI=1S/C11H16N4O2/c1-8-6-15(4-3-10(8)13-17)11(16)9-5-12-14(2)7-9/h5,7-8,17H,3-4,6H2,1-2H3. The number of carbonyl (C=O) groups is 1. The summed E-state index contributed by atoms with van der Waals surface area (Å²) < 4.78 is 1.61. The highest BCUT2D eigenvalue weighted by Crippen LogP contribution is 2.16. The number of likely N-dealkylation sites (tertiary alicyclic amines) is 1. The molecule has 1 amide bonds. The van der Waals surface area contributed by atoms with Crippen LogP contribution < -0.4 is 0 Å². The van der Waals surface area contributed by atoms with E-state index < -0.39 is 0 Å². The van der Waals surface area contributed by atoms with Crippen molar-refractivity contribution in [2.75, 3.05) is 13.1 Å². The number of rotatable bonds is 1. The quantitative estimate of drug-likeness (QED) is 0.577. The summed E-state index contributed by atoms with van der Waals surface area (Å²) in [6, 6.07) is 0. The van der Waals surface area contributed by atoms with Crippen LogP contribution in [0.4, 0.5) is 0 Å². The highest BCUT2D eigenvalue weighted by molar-refractivity contribution is 5.96. The molecule has 2 rings (SSSR count).